The molecular weight excluding hydrogens is 374 g/mol. The number of carboxylic acids is 1. The lowest BCUT2D eigenvalue weighted by atomic mass is 10.4. The number of carboxylic acid groups (broad SMARTS) is 1. The first kappa shape index (κ1) is 17.5. The average molecular weight is 388 g/mol. The maximum absolute atomic E-state index is 12.1. The molecule has 0 aliphatic heterocycles. The lowest BCUT2D eigenvalue weighted by molar-refractivity contribution is 0.0320. The van der Waals surface area contributed by atoms with Gasteiger partial charge in [0.15, 0.2) is 0 Å². The molecule has 1 atom stereocenters. The largest absolute Gasteiger partial charge is 0.477 e. The zero-order chi connectivity index (χ0) is 15.3. The molecule has 7 nitrogen and oxygen atoms in total. The van der Waals surface area contributed by atoms with Gasteiger partial charge < -0.3 is 14.6 Å². The maximum Gasteiger partial charge on any atom is 0.345 e. The second-order valence-corrected chi connectivity index (χ2v) is 7.82. The van der Waals surface area contributed by atoms with E-state index in [1.807, 2.05) is 0 Å². The molecule has 1 unspecified atom stereocenters. The van der Waals surface area contributed by atoms with E-state index in [2.05, 4.69) is 20.7 Å². The smallest absolute Gasteiger partial charge is 0.345 e. The number of thiophene rings is 1. The Morgan fingerprint density at radius 3 is 2.65 bits per heavy atom. The third-order valence-corrected chi connectivity index (χ3v) is 6.01. The van der Waals surface area contributed by atoms with Crippen molar-refractivity contribution in [3.63, 3.8) is 0 Å². The van der Waals surface area contributed by atoms with Gasteiger partial charge in [-0.2, -0.15) is 0 Å². The lowest BCUT2D eigenvalue weighted by Gasteiger charge is -2.14. The van der Waals surface area contributed by atoms with Gasteiger partial charge in [-0.25, -0.2) is 17.9 Å². The number of rotatable bonds is 8. The van der Waals surface area contributed by atoms with Crippen molar-refractivity contribution >= 4 is 43.3 Å². The van der Waals surface area contributed by atoms with E-state index in [0.717, 1.165) is 17.4 Å². The molecule has 114 valence electrons. The summed E-state index contributed by atoms with van der Waals surface area (Å²) in [6, 6.07) is 1.11. The fourth-order valence-corrected chi connectivity index (χ4v) is 4.78. The van der Waals surface area contributed by atoms with Gasteiger partial charge in [-0.05, 0) is 22.0 Å². The molecular formula is C10H14BrNO6S2. The Bertz CT molecular complexity index is 570. The van der Waals surface area contributed by atoms with Crippen molar-refractivity contribution in [2.45, 2.75) is 11.0 Å². The summed E-state index contributed by atoms with van der Waals surface area (Å²) in [5, 5.41) is 8.85. The molecule has 1 aromatic rings. The van der Waals surface area contributed by atoms with Crippen LogP contribution in [0.25, 0.3) is 0 Å². The highest BCUT2D eigenvalue weighted by Crippen LogP contribution is 2.31. The molecule has 0 bridgehead atoms. The molecule has 0 radical (unpaired) electrons. The second-order valence-electron chi connectivity index (χ2n) is 3.72. The molecule has 1 aromatic heterocycles. The summed E-state index contributed by atoms with van der Waals surface area (Å²) < 4.78 is 36.7. The van der Waals surface area contributed by atoms with Crippen LogP contribution in [0.1, 0.15) is 9.67 Å². The fraction of sp³-hybridized carbons (Fsp3) is 0.500. The van der Waals surface area contributed by atoms with Crippen LogP contribution in [0.2, 0.25) is 0 Å². The van der Waals surface area contributed by atoms with Crippen molar-refractivity contribution in [3.05, 3.63) is 14.7 Å². The van der Waals surface area contributed by atoms with Gasteiger partial charge in [0.2, 0.25) is 10.0 Å². The van der Waals surface area contributed by atoms with Gasteiger partial charge in [-0.1, -0.05) is 0 Å². The number of nitrogens with one attached hydrogen (secondary N) is 1. The summed E-state index contributed by atoms with van der Waals surface area (Å²) in [6.45, 7) is 0.265. The van der Waals surface area contributed by atoms with E-state index in [-0.39, 0.29) is 26.7 Å². The summed E-state index contributed by atoms with van der Waals surface area (Å²) in [7, 11) is -0.886. The van der Waals surface area contributed by atoms with Gasteiger partial charge in [0.05, 0.1) is 16.5 Å². The number of ether oxygens (including phenoxy) is 2. The lowest BCUT2D eigenvalue weighted by Crippen LogP contribution is -2.35. The fourth-order valence-electron chi connectivity index (χ4n) is 1.32. The topological polar surface area (TPSA) is 102 Å². The number of methoxy groups -OCH3 is 2. The van der Waals surface area contributed by atoms with Gasteiger partial charge in [0, 0.05) is 20.8 Å². The Kier molecular flexibility index (Phi) is 6.55. The van der Waals surface area contributed by atoms with Crippen LogP contribution in [0.5, 0.6) is 0 Å². The predicted molar refractivity (Wildman–Crippen MR) is 76.8 cm³/mol. The minimum absolute atomic E-state index is 0.0252. The molecule has 2 N–H and O–H groups in total. The molecule has 0 aliphatic rings. The standard InChI is InChI=1S/C10H14BrNO6S2/c1-17-5-6(18-2)4-12-20(15,16)8-3-7(10(13)14)19-9(8)11/h3,6,12H,4-5H2,1-2H3,(H,13,14). The Morgan fingerprint density at radius 1 is 1.55 bits per heavy atom. The van der Waals surface area contributed by atoms with E-state index < -0.39 is 22.1 Å². The van der Waals surface area contributed by atoms with E-state index in [1.54, 1.807) is 0 Å². The molecule has 0 spiro atoms. The van der Waals surface area contributed by atoms with Gasteiger partial charge in [0.25, 0.3) is 0 Å². The van der Waals surface area contributed by atoms with Crippen LogP contribution in [0, 0.1) is 0 Å². The van der Waals surface area contributed by atoms with E-state index in [9.17, 15) is 13.2 Å². The number of hydrogen-bond acceptors (Lipinski definition) is 6. The van der Waals surface area contributed by atoms with E-state index in [0.29, 0.717) is 0 Å². The van der Waals surface area contributed by atoms with Crippen LogP contribution in [-0.4, -0.2) is 53.0 Å². The summed E-state index contributed by atoms with van der Waals surface area (Å²) in [6.07, 6.45) is -0.425. The van der Waals surface area contributed by atoms with Crippen LogP contribution >= 0.6 is 27.3 Å². The molecule has 0 saturated heterocycles. The highest BCUT2D eigenvalue weighted by Gasteiger charge is 2.24. The molecule has 0 amide bonds. The number of aromatic carboxylic acids is 1. The normalized spacial score (nSPS) is 13.3. The minimum Gasteiger partial charge on any atom is -0.477 e. The average Bonchev–Trinajstić information content (AvgIpc) is 2.77. The van der Waals surface area contributed by atoms with Gasteiger partial charge >= 0.3 is 5.97 Å². The van der Waals surface area contributed by atoms with Crippen molar-refractivity contribution in [2.75, 3.05) is 27.4 Å². The van der Waals surface area contributed by atoms with E-state index in [4.69, 9.17) is 14.6 Å². The Morgan fingerprint density at radius 2 is 2.20 bits per heavy atom. The molecule has 0 saturated carbocycles. The van der Waals surface area contributed by atoms with Gasteiger partial charge in [0.1, 0.15) is 9.77 Å². The van der Waals surface area contributed by atoms with E-state index in [1.165, 1.54) is 14.2 Å². The number of hydrogen-bond donors (Lipinski definition) is 2. The molecule has 0 aromatic carbocycles. The molecule has 1 heterocycles. The Hall–Kier alpha value is -0.520. The number of carbonyl (C=O) groups is 1. The van der Waals surface area contributed by atoms with Crippen molar-refractivity contribution in [2.24, 2.45) is 0 Å². The Balaban J connectivity index is 2.86. The first-order chi connectivity index (χ1) is 9.31. The first-order valence-corrected chi connectivity index (χ1v) is 8.45. The van der Waals surface area contributed by atoms with Gasteiger partial charge in [-0.3, -0.25) is 0 Å². The summed E-state index contributed by atoms with van der Waals surface area (Å²) in [5.41, 5.74) is 0. The van der Waals surface area contributed by atoms with Crippen LogP contribution in [-0.2, 0) is 19.5 Å². The quantitative estimate of drug-likeness (QED) is 0.693. The number of sulfonamides is 1. The van der Waals surface area contributed by atoms with Crippen LogP contribution < -0.4 is 4.72 Å². The van der Waals surface area contributed by atoms with Crippen LogP contribution in [0.4, 0.5) is 0 Å². The molecule has 1 rings (SSSR count). The van der Waals surface area contributed by atoms with Gasteiger partial charge in [-0.15, -0.1) is 11.3 Å². The van der Waals surface area contributed by atoms with Crippen LogP contribution in [0.15, 0.2) is 14.7 Å². The zero-order valence-electron chi connectivity index (χ0n) is 10.8. The maximum atomic E-state index is 12.1. The molecule has 20 heavy (non-hydrogen) atoms. The summed E-state index contributed by atoms with van der Waals surface area (Å²) in [5.74, 6) is -1.17. The third-order valence-electron chi connectivity index (χ3n) is 2.34. The SMILES string of the molecule is COCC(CNS(=O)(=O)c1cc(C(=O)O)sc1Br)OC. The van der Waals surface area contributed by atoms with Crippen molar-refractivity contribution in [1.82, 2.24) is 4.72 Å². The van der Waals surface area contributed by atoms with Crippen molar-refractivity contribution < 1.29 is 27.8 Å². The highest BCUT2D eigenvalue weighted by molar-refractivity contribution is 9.11. The van der Waals surface area contributed by atoms with Crippen molar-refractivity contribution in [3.8, 4) is 0 Å². The Labute approximate surface area is 129 Å². The monoisotopic (exact) mass is 387 g/mol. The van der Waals surface area contributed by atoms with Crippen molar-refractivity contribution in [1.29, 1.82) is 0 Å². The minimum atomic E-state index is -3.81. The summed E-state index contributed by atoms with van der Waals surface area (Å²) in [4.78, 5) is 10.7. The van der Waals surface area contributed by atoms with E-state index >= 15 is 0 Å². The number of halogens is 1. The first-order valence-electron chi connectivity index (χ1n) is 5.35. The third kappa shape index (κ3) is 4.50. The second kappa shape index (κ2) is 7.48. The van der Waals surface area contributed by atoms with Crippen LogP contribution in [0.3, 0.4) is 0 Å². The zero-order valence-corrected chi connectivity index (χ0v) is 14.0. The summed E-state index contributed by atoms with van der Waals surface area (Å²) >= 11 is 3.90. The molecule has 10 heteroatoms. The molecule has 0 fully saturated rings. The molecule has 0 aliphatic carbocycles. The highest BCUT2D eigenvalue weighted by atomic mass is 79.9. The predicted octanol–water partition coefficient (Wildman–Crippen LogP) is 1.15.